The number of nitrogens with one attached hydrogen (secondary N) is 2. The Morgan fingerprint density at radius 3 is 2.88 bits per heavy atom. The zero-order valence-corrected chi connectivity index (χ0v) is 12.4. The van der Waals surface area contributed by atoms with E-state index in [1.54, 1.807) is 23.7 Å². The van der Waals surface area contributed by atoms with Crippen LogP contribution in [0, 0.1) is 5.92 Å². The lowest BCUT2D eigenvalue weighted by molar-refractivity contribution is -0.144. The summed E-state index contributed by atoms with van der Waals surface area (Å²) in [7, 11) is 0. The second-order valence-corrected chi connectivity index (χ2v) is 5.34. The molecule has 0 aliphatic carbocycles. The number of aromatic amines is 1. The number of aromatic nitrogens is 5. The minimum Gasteiger partial charge on any atom is -0.355 e. The molecule has 1 amide bonds. The van der Waals surface area contributed by atoms with Crippen LogP contribution in [0.1, 0.15) is 18.7 Å². The van der Waals surface area contributed by atoms with Crippen molar-refractivity contribution < 1.29 is 18.0 Å². The van der Waals surface area contributed by atoms with Gasteiger partial charge in [0.05, 0.1) is 12.1 Å². The van der Waals surface area contributed by atoms with Gasteiger partial charge in [-0.05, 0) is 12.8 Å². The first-order valence-corrected chi connectivity index (χ1v) is 7.25. The van der Waals surface area contributed by atoms with Crippen LogP contribution >= 0.6 is 0 Å². The number of H-pyrrole nitrogens is 1. The summed E-state index contributed by atoms with van der Waals surface area (Å²) in [5, 5.41) is 7.45. The fourth-order valence-corrected chi connectivity index (χ4v) is 2.51. The van der Waals surface area contributed by atoms with E-state index in [1.165, 1.54) is 0 Å². The van der Waals surface area contributed by atoms with E-state index in [-0.39, 0.29) is 5.95 Å². The molecule has 1 aliphatic heterocycles. The van der Waals surface area contributed by atoms with Gasteiger partial charge in [-0.3, -0.25) is 20.2 Å². The Bertz CT molecular complexity index is 703. The molecule has 1 aliphatic rings. The summed E-state index contributed by atoms with van der Waals surface area (Å²) < 4.78 is 37.4. The van der Waals surface area contributed by atoms with Crippen LogP contribution in [-0.2, 0) is 11.0 Å². The molecule has 128 valence electrons. The number of hydrogen-bond donors (Lipinski definition) is 2. The van der Waals surface area contributed by atoms with Crippen molar-refractivity contribution >= 4 is 17.7 Å². The smallest absolute Gasteiger partial charge is 0.355 e. The summed E-state index contributed by atoms with van der Waals surface area (Å²) in [4.78, 5) is 25.6. The Labute approximate surface area is 134 Å². The van der Waals surface area contributed by atoms with Crippen molar-refractivity contribution in [3.63, 3.8) is 0 Å². The number of alkyl halides is 3. The van der Waals surface area contributed by atoms with Gasteiger partial charge in [-0.1, -0.05) is 0 Å². The Kier molecular flexibility index (Phi) is 4.32. The van der Waals surface area contributed by atoms with Gasteiger partial charge in [0, 0.05) is 25.5 Å². The minimum atomic E-state index is -4.64. The van der Waals surface area contributed by atoms with Crippen LogP contribution < -0.4 is 10.2 Å². The third-order valence-corrected chi connectivity index (χ3v) is 3.65. The summed E-state index contributed by atoms with van der Waals surface area (Å²) in [6.07, 6.45) is 1.47. The maximum absolute atomic E-state index is 12.5. The highest BCUT2D eigenvalue weighted by atomic mass is 19.4. The summed E-state index contributed by atoms with van der Waals surface area (Å²) >= 11 is 0. The highest BCUT2D eigenvalue weighted by Crippen LogP contribution is 2.26. The molecule has 3 rings (SSSR count). The molecule has 0 radical (unpaired) electrons. The maximum atomic E-state index is 12.5. The van der Waals surface area contributed by atoms with Gasteiger partial charge in [0.1, 0.15) is 5.82 Å². The van der Waals surface area contributed by atoms with E-state index in [0.717, 1.165) is 13.0 Å². The van der Waals surface area contributed by atoms with Crippen molar-refractivity contribution in [2.24, 2.45) is 5.92 Å². The van der Waals surface area contributed by atoms with Gasteiger partial charge in [-0.25, -0.2) is 4.98 Å². The van der Waals surface area contributed by atoms with Gasteiger partial charge >= 0.3 is 6.18 Å². The Morgan fingerprint density at radius 1 is 1.38 bits per heavy atom. The molecule has 1 fully saturated rings. The first kappa shape index (κ1) is 16.1. The van der Waals surface area contributed by atoms with E-state index in [0.29, 0.717) is 18.8 Å². The monoisotopic (exact) mass is 341 g/mol. The molecule has 1 saturated heterocycles. The quantitative estimate of drug-likeness (QED) is 0.877. The fraction of sp³-hybridized carbons (Fsp3) is 0.462. The number of carbonyl (C=O) groups is 1. The molecular weight excluding hydrogens is 327 g/mol. The number of rotatable bonds is 3. The molecule has 8 nitrogen and oxygen atoms in total. The molecule has 0 spiro atoms. The molecule has 11 heteroatoms. The maximum Gasteiger partial charge on any atom is 0.451 e. The standard InChI is InChI=1S/C13H14F3N7O/c14-13(15,16)11-20-12(22-21-11)19-10(24)8-2-1-5-23(7-8)9-6-17-3-4-18-9/h3-4,6,8H,1-2,5,7H2,(H2,19,20,21,22,24)/t8-/m0/s1. The number of piperidine rings is 1. The van der Waals surface area contributed by atoms with Gasteiger partial charge in [0.2, 0.25) is 17.7 Å². The third-order valence-electron chi connectivity index (χ3n) is 3.65. The molecule has 24 heavy (non-hydrogen) atoms. The van der Waals surface area contributed by atoms with Gasteiger partial charge in [-0.2, -0.15) is 18.2 Å². The second-order valence-electron chi connectivity index (χ2n) is 5.34. The zero-order chi connectivity index (χ0) is 17.2. The van der Waals surface area contributed by atoms with Crippen LogP contribution in [0.5, 0.6) is 0 Å². The number of nitrogens with zero attached hydrogens (tertiary/aromatic N) is 5. The van der Waals surface area contributed by atoms with Crippen LogP contribution in [0.4, 0.5) is 24.9 Å². The molecule has 2 N–H and O–H groups in total. The van der Waals surface area contributed by atoms with Crippen molar-refractivity contribution in [3.05, 3.63) is 24.4 Å². The highest BCUT2D eigenvalue weighted by molar-refractivity contribution is 5.91. The van der Waals surface area contributed by atoms with Gasteiger partial charge < -0.3 is 4.90 Å². The minimum absolute atomic E-state index is 0.385. The van der Waals surface area contributed by atoms with Gasteiger partial charge in [0.15, 0.2) is 0 Å². The average molecular weight is 341 g/mol. The molecule has 1 atom stereocenters. The van der Waals surface area contributed by atoms with E-state index < -0.39 is 23.8 Å². The summed E-state index contributed by atoms with van der Waals surface area (Å²) in [5.74, 6) is -1.79. The second kappa shape index (κ2) is 6.42. The molecule has 2 aromatic heterocycles. The van der Waals surface area contributed by atoms with Crippen LogP contribution in [-0.4, -0.2) is 44.1 Å². The largest absolute Gasteiger partial charge is 0.451 e. The van der Waals surface area contributed by atoms with Crippen molar-refractivity contribution in [1.29, 1.82) is 0 Å². The van der Waals surface area contributed by atoms with E-state index in [4.69, 9.17) is 0 Å². The van der Waals surface area contributed by atoms with Crippen LogP contribution in [0.2, 0.25) is 0 Å². The predicted molar refractivity (Wildman–Crippen MR) is 77.0 cm³/mol. The Hall–Kier alpha value is -2.72. The first-order chi connectivity index (χ1) is 11.4. The Morgan fingerprint density at radius 2 is 2.21 bits per heavy atom. The number of amides is 1. The van der Waals surface area contributed by atoms with E-state index in [1.807, 2.05) is 4.90 Å². The molecule has 0 aromatic carbocycles. The molecular formula is C13H14F3N7O. The number of halogens is 3. The lowest BCUT2D eigenvalue weighted by Crippen LogP contribution is -2.41. The van der Waals surface area contributed by atoms with Gasteiger partial charge in [-0.15, -0.1) is 5.10 Å². The predicted octanol–water partition coefficient (Wildman–Crippen LogP) is 1.47. The molecule has 2 aromatic rings. The molecule has 0 saturated carbocycles. The normalized spacial score (nSPS) is 18.5. The molecule has 0 unspecified atom stereocenters. The zero-order valence-electron chi connectivity index (χ0n) is 12.4. The van der Waals surface area contributed by atoms with E-state index >= 15 is 0 Å². The van der Waals surface area contributed by atoms with E-state index in [9.17, 15) is 18.0 Å². The summed E-state index contributed by atoms with van der Waals surface area (Å²) in [6.45, 7) is 1.14. The molecule has 3 heterocycles. The van der Waals surface area contributed by atoms with Crippen LogP contribution in [0.15, 0.2) is 18.6 Å². The topological polar surface area (TPSA) is 99.7 Å². The van der Waals surface area contributed by atoms with Crippen molar-refractivity contribution in [2.75, 3.05) is 23.3 Å². The highest BCUT2D eigenvalue weighted by Gasteiger charge is 2.36. The van der Waals surface area contributed by atoms with Crippen LogP contribution in [0.3, 0.4) is 0 Å². The third kappa shape index (κ3) is 3.60. The fourth-order valence-electron chi connectivity index (χ4n) is 2.51. The number of anilines is 2. The number of hydrogen-bond acceptors (Lipinski definition) is 6. The lowest BCUT2D eigenvalue weighted by atomic mass is 9.97. The average Bonchev–Trinajstić information content (AvgIpc) is 3.05. The Balaban J connectivity index is 1.63. The number of carbonyl (C=O) groups excluding carboxylic acids is 1. The van der Waals surface area contributed by atoms with Crippen molar-refractivity contribution in [1.82, 2.24) is 25.1 Å². The SMILES string of the molecule is O=C(Nc1n[nH]c(C(F)(F)F)n1)[C@H]1CCCN(c2cnccn2)C1. The lowest BCUT2D eigenvalue weighted by Gasteiger charge is -2.32. The summed E-state index contributed by atoms with van der Waals surface area (Å²) in [6, 6.07) is 0. The summed E-state index contributed by atoms with van der Waals surface area (Å²) in [5.41, 5.74) is 0. The van der Waals surface area contributed by atoms with E-state index in [2.05, 4.69) is 25.4 Å². The van der Waals surface area contributed by atoms with Gasteiger partial charge in [0.25, 0.3) is 0 Å². The van der Waals surface area contributed by atoms with Crippen molar-refractivity contribution in [3.8, 4) is 0 Å². The van der Waals surface area contributed by atoms with Crippen LogP contribution in [0.25, 0.3) is 0 Å². The van der Waals surface area contributed by atoms with Crippen molar-refractivity contribution in [2.45, 2.75) is 19.0 Å². The molecule has 0 bridgehead atoms. The first-order valence-electron chi connectivity index (χ1n) is 7.25.